The van der Waals surface area contributed by atoms with Gasteiger partial charge in [-0.3, -0.25) is 0 Å². The number of hydrogen-bond acceptors (Lipinski definition) is 4. The van der Waals surface area contributed by atoms with Crippen molar-refractivity contribution in [2.45, 2.75) is 25.8 Å². The van der Waals surface area contributed by atoms with Gasteiger partial charge in [0.2, 0.25) is 0 Å². The summed E-state index contributed by atoms with van der Waals surface area (Å²) in [6, 6.07) is 0.583. The van der Waals surface area contributed by atoms with Crippen LogP contribution in [0.4, 0.5) is 0 Å². The SMILES string of the molecule is CCCNC(CN(C)CCN(C)C)C1CCOC1. The Morgan fingerprint density at radius 2 is 2.06 bits per heavy atom. The molecule has 0 aliphatic carbocycles. The van der Waals surface area contributed by atoms with Gasteiger partial charge in [0.05, 0.1) is 6.61 Å². The third kappa shape index (κ3) is 6.14. The minimum absolute atomic E-state index is 0.583. The zero-order valence-corrected chi connectivity index (χ0v) is 12.6. The third-order valence-corrected chi connectivity index (χ3v) is 3.63. The lowest BCUT2D eigenvalue weighted by Gasteiger charge is -2.29. The molecule has 1 aliphatic rings. The molecule has 0 amide bonds. The van der Waals surface area contributed by atoms with Crippen molar-refractivity contribution in [3.05, 3.63) is 0 Å². The summed E-state index contributed by atoms with van der Waals surface area (Å²) in [5.41, 5.74) is 0. The molecule has 0 spiro atoms. The fourth-order valence-corrected chi connectivity index (χ4v) is 2.38. The van der Waals surface area contributed by atoms with Gasteiger partial charge in [-0.05, 0) is 40.5 Å². The Morgan fingerprint density at radius 3 is 2.61 bits per heavy atom. The van der Waals surface area contributed by atoms with Crippen molar-refractivity contribution in [1.82, 2.24) is 15.1 Å². The van der Waals surface area contributed by atoms with E-state index in [1.54, 1.807) is 0 Å². The van der Waals surface area contributed by atoms with E-state index >= 15 is 0 Å². The highest BCUT2D eigenvalue weighted by Crippen LogP contribution is 2.17. The number of nitrogens with zero attached hydrogens (tertiary/aromatic N) is 2. The van der Waals surface area contributed by atoms with Gasteiger partial charge >= 0.3 is 0 Å². The molecule has 18 heavy (non-hydrogen) atoms. The molecule has 1 heterocycles. The van der Waals surface area contributed by atoms with Gasteiger partial charge in [-0.25, -0.2) is 0 Å². The first-order valence-electron chi connectivity index (χ1n) is 7.28. The molecule has 2 unspecified atom stereocenters. The van der Waals surface area contributed by atoms with Crippen LogP contribution in [0.1, 0.15) is 19.8 Å². The Bertz CT molecular complexity index is 205. The molecule has 108 valence electrons. The smallest absolute Gasteiger partial charge is 0.0510 e. The largest absolute Gasteiger partial charge is 0.381 e. The molecule has 1 rings (SSSR count). The van der Waals surface area contributed by atoms with Crippen LogP contribution in [0.15, 0.2) is 0 Å². The van der Waals surface area contributed by atoms with E-state index in [1.165, 1.54) is 12.8 Å². The molecule has 2 atom stereocenters. The molecule has 1 saturated heterocycles. The fourth-order valence-electron chi connectivity index (χ4n) is 2.38. The Morgan fingerprint density at radius 1 is 1.28 bits per heavy atom. The standard InChI is InChI=1S/C14H31N3O/c1-5-7-15-14(13-6-10-18-12-13)11-17(4)9-8-16(2)3/h13-15H,5-12H2,1-4H3. The van der Waals surface area contributed by atoms with E-state index < -0.39 is 0 Å². The molecule has 0 radical (unpaired) electrons. The van der Waals surface area contributed by atoms with Crippen LogP contribution in [0.3, 0.4) is 0 Å². The molecule has 4 heteroatoms. The van der Waals surface area contributed by atoms with Crippen molar-refractivity contribution in [2.24, 2.45) is 5.92 Å². The molecule has 0 aromatic rings. The summed E-state index contributed by atoms with van der Waals surface area (Å²) in [6.07, 6.45) is 2.41. The molecule has 1 aliphatic heterocycles. The van der Waals surface area contributed by atoms with Crippen molar-refractivity contribution in [3.63, 3.8) is 0 Å². The lowest BCUT2D eigenvalue weighted by Crippen LogP contribution is -2.46. The van der Waals surface area contributed by atoms with Gasteiger partial charge in [-0.2, -0.15) is 0 Å². The predicted octanol–water partition coefficient (Wildman–Crippen LogP) is 0.885. The highest BCUT2D eigenvalue weighted by molar-refractivity contribution is 4.81. The van der Waals surface area contributed by atoms with Gasteiger partial charge in [0.25, 0.3) is 0 Å². The second-order valence-corrected chi connectivity index (χ2v) is 5.75. The minimum Gasteiger partial charge on any atom is -0.381 e. The first-order valence-corrected chi connectivity index (χ1v) is 7.28. The topological polar surface area (TPSA) is 27.7 Å². The van der Waals surface area contributed by atoms with Gasteiger partial charge in [0.15, 0.2) is 0 Å². The Balaban J connectivity index is 2.34. The quantitative estimate of drug-likeness (QED) is 0.664. The number of rotatable bonds is 9. The van der Waals surface area contributed by atoms with E-state index in [4.69, 9.17) is 4.74 Å². The van der Waals surface area contributed by atoms with E-state index in [0.717, 1.165) is 39.4 Å². The normalized spacial score (nSPS) is 22.0. The van der Waals surface area contributed by atoms with E-state index in [9.17, 15) is 0 Å². The predicted molar refractivity (Wildman–Crippen MR) is 77.1 cm³/mol. The van der Waals surface area contributed by atoms with Crippen LogP contribution in [-0.4, -0.2) is 76.4 Å². The van der Waals surface area contributed by atoms with E-state index in [0.29, 0.717) is 12.0 Å². The van der Waals surface area contributed by atoms with Crippen LogP contribution in [0, 0.1) is 5.92 Å². The molecule has 0 aromatic carbocycles. The summed E-state index contributed by atoms with van der Waals surface area (Å²) in [5, 5.41) is 3.69. The van der Waals surface area contributed by atoms with Crippen LogP contribution in [-0.2, 0) is 4.74 Å². The van der Waals surface area contributed by atoms with Crippen molar-refractivity contribution in [1.29, 1.82) is 0 Å². The Kier molecular flexibility index (Phi) is 7.82. The summed E-state index contributed by atoms with van der Waals surface area (Å²) in [7, 11) is 6.48. The Hall–Kier alpha value is -0.160. The zero-order valence-electron chi connectivity index (χ0n) is 12.6. The van der Waals surface area contributed by atoms with Gasteiger partial charge in [0, 0.05) is 38.2 Å². The summed E-state index contributed by atoms with van der Waals surface area (Å²) in [4.78, 5) is 4.68. The van der Waals surface area contributed by atoms with E-state index in [2.05, 4.69) is 43.2 Å². The molecule has 0 saturated carbocycles. The number of ether oxygens (including phenoxy) is 1. The minimum atomic E-state index is 0.583. The highest BCUT2D eigenvalue weighted by atomic mass is 16.5. The van der Waals surface area contributed by atoms with E-state index in [-0.39, 0.29) is 0 Å². The summed E-state index contributed by atoms with van der Waals surface area (Å²) in [6.45, 7) is 8.60. The maximum absolute atomic E-state index is 5.53. The van der Waals surface area contributed by atoms with Crippen LogP contribution in [0.5, 0.6) is 0 Å². The van der Waals surface area contributed by atoms with E-state index in [1.807, 2.05) is 0 Å². The molecular formula is C14H31N3O. The molecule has 1 fully saturated rings. The van der Waals surface area contributed by atoms with Gasteiger partial charge < -0.3 is 19.9 Å². The first-order chi connectivity index (χ1) is 8.63. The second kappa shape index (κ2) is 8.86. The number of nitrogens with one attached hydrogen (secondary N) is 1. The number of hydrogen-bond donors (Lipinski definition) is 1. The van der Waals surface area contributed by atoms with Crippen LogP contribution in [0.25, 0.3) is 0 Å². The Labute approximate surface area is 113 Å². The maximum Gasteiger partial charge on any atom is 0.0510 e. The van der Waals surface area contributed by atoms with Crippen molar-refractivity contribution in [2.75, 3.05) is 60.5 Å². The monoisotopic (exact) mass is 257 g/mol. The highest BCUT2D eigenvalue weighted by Gasteiger charge is 2.26. The molecule has 1 N–H and O–H groups in total. The maximum atomic E-state index is 5.53. The van der Waals surface area contributed by atoms with Crippen molar-refractivity contribution in [3.8, 4) is 0 Å². The summed E-state index contributed by atoms with van der Waals surface area (Å²) < 4.78 is 5.53. The van der Waals surface area contributed by atoms with Gasteiger partial charge in [-0.15, -0.1) is 0 Å². The first kappa shape index (κ1) is 15.9. The van der Waals surface area contributed by atoms with Crippen LogP contribution in [0.2, 0.25) is 0 Å². The molecule has 0 bridgehead atoms. The van der Waals surface area contributed by atoms with Gasteiger partial charge in [-0.1, -0.05) is 6.92 Å². The van der Waals surface area contributed by atoms with Crippen molar-refractivity contribution >= 4 is 0 Å². The van der Waals surface area contributed by atoms with Crippen LogP contribution < -0.4 is 5.32 Å². The summed E-state index contributed by atoms with van der Waals surface area (Å²) in [5.74, 6) is 0.693. The van der Waals surface area contributed by atoms with Crippen LogP contribution >= 0.6 is 0 Å². The molecule has 4 nitrogen and oxygen atoms in total. The van der Waals surface area contributed by atoms with Crippen molar-refractivity contribution < 1.29 is 4.74 Å². The van der Waals surface area contributed by atoms with Gasteiger partial charge in [0.1, 0.15) is 0 Å². The number of likely N-dealkylation sites (N-methyl/N-ethyl adjacent to an activating group) is 2. The zero-order chi connectivity index (χ0) is 13.4. The third-order valence-electron chi connectivity index (χ3n) is 3.63. The average Bonchev–Trinajstić information content (AvgIpc) is 2.85. The molecule has 0 aromatic heterocycles. The average molecular weight is 257 g/mol. The molecular weight excluding hydrogens is 226 g/mol. The second-order valence-electron chi connectivity index (χ2n) is 5.75. The lowest BCUT2D eigenvalue weighted by molar-refractivity contribution is 0.164. The fraction of sp³-hybridized carbons (Fsp3) is 1.00. The summed E-state index contributed by atoms with van der Waals surface area (Å²) >= 11 is 0. The lowest BCUT2D eigenvalue weighted by atomic mass is 9.98.